The Morgan fingerprint density at radius 1 is 1.44 bits per heavy atom. The van der Waals surface area contributed by atoms with E-state index in [1.165, 1.54) is 24.8 Å². The van der Waals surface area contributed by atoms with Crippen molar-refractivity contribution in [3.8, 4) is 0 Å². The molecule has 100 valence electrons. The van der Waals surface area contributed by atoms with Crippen molar-refractivity contribution in [2.75, 3.05) is 6.54 Å². The van der Waals surface area contributed by atoms with Gasteiger partial charge in [0.2, 0.25) is 0 Å². The number of nitrogens with one attached hydrogen (secondary N) is 1. The van der Waals surface area contributed by atoms with E-state index in [1.54, 1.807) is 0 Å². The molecule has 0 heterocycles. The van der Waals surface area contributed by atoms with Gasteiger partial charge >= 0.3 is 0 Å². The Morgan fingerprint density at radius 2 is 2.28 bits per heavy atom. The Hall–Kier alpha value is -0.570. The van der Waals surface area contributed by atoms with Crippen molar-refractivity contribution in [2.24, 2.45) is 11.7 Å². The van der Waals surface area contributed by atoms with Gasteiger partial charge in [-0.2, -0.15) is 0 Å². The smallest absolute Gasteiger partial charge is 0.0408 e. The van der Waals surface area contributed by atoms with E-state index < -0.39 is 0 Å². The third kappa shape index (κ3) is 3.71. The molecule has 0 aromatic heterocycles. The number of hydrogen-bond acceptors (Lipinski definition) is 2. The van der Waals surface area contributed by atoms with Crippen molar-refractivity contribution in [1.82, 2.24) is 5.32 Å². The van der Waals surface area contributed by atoms with Gasteiger partial charge in [0.1, 0.15) is 0 Å². The summed E-state index contributed by atoms with van der Waals surface area (Å²) in [6.45, 7) is 3.05. The first-order valence-electron chi connectivity index (χ1n) is 6.89. The highest BCUT2D eigenvalue weighted by molar-refractivity contribution is 6.30. The third-order valence-corrected chi connectivity index (χ3v) is 4.13. The Labute approximate surface area is 115 Å². The fourth-order valence-electron chi connectivity index (χ4n) is 2.98. The van der Waals surface area contributed by atoms with Gasteiger partial charge in [0.25, 0.3) is 0 Å². The van der Waals surface area contributed by atoms with Crippen LogP contribution in [0.4, 0.5) is 0 Å². The van der Waals surface area contributed by atoms with Crippen molar-refractivity contribution < 1.29 is 0 Å². The van der Waals surface area contributed by atoms with Gasteiger partial charge in [-0.15, -0.1) is 0 Å². The topological polar surface area (TPSA) is 38.0 Å². The Morgan fingerprint density at radius 3 is 3.00 bits per heavy atom. The van der Waals surface area contributed by atoms with Crippen molar-refractivity contribution in [2.45, 2.75) is 44.7 Å². The zero-order valence-electron chi connectivity index (χ0n) is 11.0. The molecule has 1 aliphatic carbocycles. The molecule has 0 radical (unpaired) electrons. The number of nitrogens with two attached hydrogens (primary N) is 1. The molecule has 0 bridgehead atoms. The molecule has 1 saturated carbocycles. The van der Waals surface area contributed by atoms with Gasteiger partial charge in [0.15, 0.2) is 0 Å². The van der Waals surface area contributed by atoms with Crippen molar-refractivity contribution in [3.05, 3.63) is 34.9 Å². The second-order valence-electron chi connectivity index (χ2n) is 5.43. The molecule has 18 heavy (non-hydrogen) atoms. The molecule has 2 rings (SSSR count). The van der Waals surface area contributed by atoms with Gasteiger partial charge < -0.3 is 11.1 Å². The zero-order valence-corrected chi connectivity index (χ0v) is 11.8. The van der Waals surface area contributed by atoms with Gasteiger partial charge in [-0.05, 0) is 56.3 Å². The number of benzene rings is 1. The van der Waals surface area contributed by atoms with Gasteiger partial charge in [0.05, 0.1) is 0 Å². The van der Waals surface area contributed by atoms with Crippen LogP contribution in [0.25, 0.3) is 0 Å². The van der Waals surface area contributed by atoms with E-state index in [0.717, 1.165) is 18.0 Å². The zero-order chi connectivity index (χ0) is 13.0. The first kappa shape index (κ1) is 13.9. The molecular weight excluding hydrogens is 244 g/mol. The molecule has 1 aromatic rings. The maximum absolute atomic E-state index is 6.01. The number of halogens is 1. The lowest BCUT2D eigenvalue weighted by Gasteiger charge is -2.24. The molecule has 1 aromatic carbocycles. The summed E-state index contributed by atoms with van der Waals surface area (Å²) in [7, 11) is 0. The molecule has 0 aliphatic heterocycles. The van der Waals surface area contributed by atoms with Crippen molar-refractivity contribution in [3.63, 3.8) is 0 Å². The van der Waals surface area contributed by atoms with Crippen LogP contribution in [0, 0.1) is 5.92 Å². The normalized spacial score (nSPS) is 25.3. The molecule has 3 N–H and O–H groups in total. The average molecular weight is 267 g/mol. The standard InChI is InChI=1S/C15H23ClN2/c1-11(8-12-4-2-6-14(16)9-12)18-15-7-3-5-13(15)10-17/h2,4,6,9,11,13,15,18H,3,5,7-8,10,17H2,1H3. The Balaban J connectivity index is 1.86. The lowest BCUT2D eigenvalue weighted by molar-refractivity contribution is 0.368. The summed E-state index contributed by atoms with van der Waals surface area (Å²) in [5.74, 6) is 0.659. The molecule has 0 saturated heterocycles. The van der Waals surface area contributed by atoms with Crippen LogP contribution in [0.5, 0.6) is 0 Å². The summed E-state index contributed by atoms with van der Waals surface area (Å²) in [6.07, 6.45) is 4.87. The van der Waals surface area contributed by atoms with Crippen LogP contribution >= 0.6 is 11.6 Å². The summed E-state index contributed by atoms with van der Waals surface area (Å²) in [4.78, 5) is 0. The SMILES string of the molecule is CC(Cc1cccc(Cl)c1)NC1CCCC1CN. The summed E-state index contributed by atoms with van der Waals surface area (Å²) in [6, 6.07) is 9.20. The van der Waals surface area contributed by atoms with Crippen LogP contribution in [0.15, 0.2) is 24.3 Å². The summed E-state index contributed by atoms with van der Waals surface area (Å²) < 4.78 is 0. The van der Waals surface area contributed by atoms with Gasteiger partial charge in [-0.1, -0.05) is 30.2 Å². The minimum atomic E-state index is 0.473. The van der Waals surface area contributed by atoms with Crippen LogP contribution in [0.3, 0.4) is 0 Å². The van der Waals surface area contributed by atoms with E-state index in [9.17, 15) is 0 Å². The first-order chi connectivity index (χ1) is 8.69. The first-order valence-corrected chi connectivity index (χ1v) is 7.27. The van der Waals surface area contributed by atoms with E-state index in [0.29, 0.717) is 18.0 Å². The molecule has 0 amide bonds. The van der Waals surface area contributed by atoms with Crippen LogP contribution in [-0.2, 0) is 6.42 Å². The third-order valence-electron chi connectivity index (χ3n) is 3.89. The quantitative estimate of drug-likeness (QED) is 0.860. The predicted molar refractivity (Wildman–Crippen MR) is 77.9 cm³/mol. The maximum atomic E-state index is 6.01. The summed E-state index contributed by atoms with van der Waals surface area (Å²) in [5, 5.41) is 4.54. The molecule has 0 spiro atoms. The minimum Gasteiger partial charge on any atom is -0.330 e. The highest BCUT2D eigenvalue weighted by Gasteiger charge is 2.26. The summed E-state index contributed by atoms with van der Waals surface area (Å²) in [5.41, 5.74) is 7.11. The Kier molecular flexibility index (Phi) is 5.04. The average Bonchev–Trinajstić information content (AvgIpc) is 2.76. The number of rotatable bonds is 5. The van der Waals surface area contributed by atoms with Gasteiger partial charge in [-0.25, -0.2) is 0 Å². The minimum absolute atomic E-state index is 0.473. The van der Waals surface area contributed by atoms with Crippen LogP contribution in [0.1, 0.15) is 31.7 Å². The molecule has 3 heteroatoms. The lowest BCUT2D eigenvalue weighted by atomic mass is 10.0. The number of hydrogen-bond donors (Lipinski definition) is 2. The van der Waals surface area contributed by atoms with E-state index in [2.05, 4.69) is 24.4 Å². The van der Waals surface area contributed by atoms with Crippen LogP contribution < -0.4 is 11.1 Å². The molecule has 3 unspecified atom stereocenters. The maximum Gasteiger partial charge on any atom is 0.0408 e. The van der Waals surface area contributed by atoms with Gasteiger partial charge in [-0.3, -0.25) is 0 Å². The molecule has 1 aliphatic rings. The molecule has 1 fully saturated rings. The van der Waals surface area contributed by atoms with Crippen LogP contribution in [-0.4, -0.2) is 18.6 Å². The molecular formula is C15H23ClN2. The second kappa shape index (κ2) is 6.55. The highest BCUT2D eigenvalue weighted by Crippen LogP contribution is 2.25. The van der Waals surface area contributed by atoms with Crippen LogP contribution in [0.2, 0.25) is 5.02 Å². The monoisotopic (exact) mass is 266 g/mol. The van der Waals surface area contributed by atoms with E-state index in [-0.39, 0.29) is 0 Å². The van der Waals surface area contributed by atoms with Gasteiger partial charge in [0, 0.05) is 17.1 Å². The van der Waals surface area contributed by atoms with Crippen molar-refractivity contribution >= 4 is 11.6 Å². The molecule has 3 atom stereocenters. The predicted octanol–water partition coefficient (Wildman–Crippen LogP) is 2.99. The Bertz CT molecular complexity index is 381. The van der Waals surface area contributed by atoms with Crippen molar-refractivity contribution in [1.29, 1.82) is 0 Å². The second-order valence-corrected chi connectivity index (χ2v) is 5.87. The fraction of sp³-hybridized carbons (Fsp3) is 0.600. The van der Waals surface area contributed by atoms with E-state index in [1.807, 2.05) is 12.1 Å². The van der Waals surface area contributed by atoms with E-state index in [4.69, 9.17) is 17.3 Å². The highest BCUT2D eigenvalue weighted by atomic mass is 35.5. The summed E-state index contributed by atoms with van der Waals surface area (Å²) >= 11 is 6.01. The fourth-order valence-corrected chi connectivity index (χ4v) is 3.19. The van der Waals surface area contributed by atoms with E-state index >= 15 is 0 Å². The lowest BCUT2D eigenvalue weighted by Crippen LogP contribution is -2.42. The largest absolute Gasteiger partial charge is 0.330 e. The molecule has 2 nitrogen and oxygen atoms in total.